The third kappa shape index (κ3) is 2.72. The summed E-state index contributed by atoms with van der Waals surface area (Å²) in [4.78, 5) is 2.15. The number of anilines is 1. The maximum absolute atomic E-state index is 2.18. The van der Waals surface area contributed by atoms with Gasteiger partial charge in [0.25, 0.3) is 0 Å². The molecule has 0 aliphatic heterocycles. The second-order valence-corrected chi connectivity index (χ2v) is 4.53. The van der Waals surface area contributed by atoms with Crippen molar-refractivity contribution in [1.82, 2.24) is 0 Å². The lowest BCUT2D eigenvalue weighted by Crippen LogP contribution is -3.00. The summed E-state index contributed by atoms with van der Waals surface area (Å²) < 4.78 is 2.15. The van der Waals surface area contributed by atoms with Crippen LogP contribution in [-0.4, -0.2) is 14.1 Å². The summed E-state index contributed by atoms with van der Waals surface area (Å²) in [6, 6.07) is 10.5. The van der Waals surface area contributed by atoms with Crippen molar-refractivity contribution < 1.29 is 21.5 Å². The molecule has 0 radical (unpaired) electrons. The second-order valence-electron chi connectivity index (χ2n) is 4.53. The molecule has 2 aromatic rings. The van der Waals surface area contributed by atoms with Crippen molar-refractivity contribution >= 4 is 5.69 Å². The molecule has 0 bridgehead atoms. The summed E-state index contributed by atoms with van der Waals surface area (Å²) in [7, 11) is 4.16. The highest BCUT2D eigenvalue weighted by molar-refractivity contribution is 5.59. The lowest BCUT2D eigenvalue weighted by Gasteiger charge is -2.17. The molecule has 0 fully saturated rings. The smallest absolute Gasteiger partial charge is 0.213 e. The van der Waals surface area contributed by atoms with Crippen LogP contribution in [0.3, 0.4) is 0 Å². The SMILES string of the molecule is Cc1c(N(C)C)ccc(-[n+]2ccccc2)c1C.[Br-]. The van der Waals surface area contributed by atoms with Gasteiger partial charge in [-0.2, -0.15) is 4.57 Å². The molecule has 3 heteroatoms. The number of nitrogens with zero attached hydrogens (tertiary/aromatic N) is 2. The Morgan fingerprint density at radius 1 is 0.889 bits per heavy atom. The molecule has 0 atom stereocenters. The highest BCUT2D eigenvalue weighted by Crippen LogP contribution is 2.23. The molecule has 0 aliphatic carbocycles. The van der Waals surface area contributed by atoms with E-state index in [0.717, 1.165) is 0 Å². The first kappa shape index (κ1) is 14.7. The molecule has 0 saturated heterocycles. The highest BCUT2D eigenvalue weighted by Gasteiger charge is 2.13. The Morgan fingerprint density at radius 2 is 1.50 bits per heavy atom. The van der Waals surface area contributed by atoms with Crippen molar-refractivity contribution in [2.45, 2.75) is 13.8 Å². The number of hydrogen-bond donors (Lipinski definition) is 0. The Kier molecular flexibility index (Phi) is 4.91. The Morgan fingerprint density at radius 3 is 2.06 bits per heavy atom. The van der Waals surface area contributed by atoms with Crippen molar-refractivity contribution in [2.24, 2.45) is 0 Å². The van der Waals surface area contributed by atoms with Crippen LogP contribution in [0.5, 0.6) is 0 Å². The predicted octanol–water partition coefficient (Wildman–Crippen LogP) is -0.350. The van der Waals surface area contributed by atoms with Crippen LogP contribution < -0.4 is 26.4 Å². The summed E-state index contributed by atoms with van der Waals surface area (Å²) in [5, 5.41) is 0. The topological polar surface area (TPSA) is 7.12 Å². The molecule has 0 amide bonds. The van der Waals surface area contributed by atoms with E-state index in [-0.39, 0.29) is 17.0 Å². The molecular formula is C15H19BrN2. The van der Waals surface area contributed by atoms with Gasteiger partial charge in [-0.1, -0.05) is 6.07 Å². The fourth-order valence-electron chi connectivity index (χ4n) is 2.12. The third-order valence-corrected chi connectivity index (χ3v) is 3.21. The molecule has 18 heavy (non-hydrogen) atoms. The van der Waals surface area contributed by atoms with Crippen molar-refractivity contribution in [3.05, 3.63) is 53.9 Å². The van der Waals surface area contributed by atoms with Gasteiger partial charge in [0.15, 0.2) is 12.4 Å². The predicted molar refractivity (Wildman–Crippen MR) is 71.8 cm³/mol. The van der Waals surface area contributed by atoms with Gasteiger partial charge in [0.05, 0.1) is 0 Å². The molecule has 2 nitrogen and oxygen atoms in total. The van der Waals surface area contributed by atoms with E-state index < -0.39 is 0 Å². The number of rotatable bonds is 2. The number of aromatic nitrogens is 1. The fraction of sp³-hybridized carbons (Fsp3) is 0.267. The Bertz CT molecular complexity index is 522. The quantitative estimate of drug-likeness (QED) is 0.688. The second kappa shape index (κ2) is 6.01. The average molecular weight is 307 g/mol. The molecule has 1 aromatic heterocycles. The molecule has 0 aliphatic rings. The molecule has 0 spiro atoms. The monoisotopic (exact) mass is 306 g/mol. The van der Waals surface area contributed by atoms with Crippen molar-refractivity contribution in [1.29, 1.82) is 0 Å². The average Bonchev–Trinajstić information content (AvgIpc) is 2.33. The van der Waals surface area contributed by atoms with E-state index in [2.05, 4.69) is 74.1 Å². The zero-order valence-electron chi connectivity index (χ0n) is 11.3. The molecule has 0 unspecified atom stereocenters. The van der Waals surface area contributed by atoms with Crippen molar-refractivity contribution in [3.8, 4) is 5.69 Å². The van der Waals surface area contributed by atoms with E-state index in [1.54, 1.807) is 0 Å². The van der Waals surface area contributed by atoms with Gasteiger partial charge in [0.2, 0.25) is 5.69 Å². The molecular weight excluding hydrogens is 288 g/mol. The fourth-order valence-corrected chi connectivity index (χ4v) is 2.12. The Hall–Kier alpha value is -1.35. The number of pyridine rings is 1. The standard InChI is InChI=1S/C15H19N2.BrH/c1-12-13(2)15(9-8-14(12)16(3)4)17-10-6-5-7-11-17;/h5-11H,1-4H3;1H/q+1;/p-1. The van der Waals surface area contributed by atoms with Crippen molar-refractivity contribution in [3.63, 3.8) is 0 Å². The van der Waals surface area contributed by atoms with Crippen LogP contribution in [0.2, 0.25) is 0 Å². The zero-order chi connectivity index (χ0) is 12.4. The van der Waals surface area contributed by atoms with Crippen LogP contribution in [0.15, 0.2) is 42.7 Å². The van der Waals surface area contributed by atoms with Crippen molar-refractivity contribution in [2.75, 3.05) is 19.0 Å². The maximum atomic E-state index is 2.18. The van der Waals surface area contributed by atoms with Crippen LogP contribution in [0, 0.1) is 13.8 Å². The Balaban J connectivity index is 0.00000162. The third-order valence-electron chi connectivity index (χ3n) is 3.21. The first-order valence-electron chi connectivity index (χ1n) is 5.85. The van der Waals surface area contributed by atoms with Crippen LogP contribution in [0.1, 0.15) is 11.1 Å². The van der Waals surface area contributed by atoms with Crippen LogP contribution in [0.4, 0.5) is 5.69 Å². The first-order chi connectivity index (χ1) is 8.11. The van der Waals surface area contributed by atoms with Gasteiger partial charge in [-0.05, 0) is 25.5 Å². The number of hydrogen-bond acceptors (Lipinski definition) is 1. The molecule has 0 saturated carbocycles. The maximum Gasteiger partial charge on any atom is 0.213 e. The zero-order valence-corrected chi connectivity index (χ0v) is 12.9. The van der Waals surface area contributed by atoms with Gasteiger partial charge in [-0.15, -0.1) is 0 Å². The summed E-state index contributed by atoms with van der Waals surface area (Å²) in [6.07, 6.45) is 4.16. The molecule has 0 N–H and O–H groups in total. The van der Waals surface area contributed by atoms with Gasteiger partial charge in [0, 0.05) is 43.5 Å². The van der Waals surface area contributed by atoms with E-state index in [0.29, 0.717) is 0 Å². The highest BCUT2D eigenvalue weighted by atomic mass is 79.9. The molecule has 1 aromatic carbocycles. The first-order valence-corrected chi connectivity index (χ1v) is 5.85. The van der Waals surface area contributed by atoms with E-state index in [1.807, 2.05) is 6.07 Å². The van der Waals surface area contributed by atoms with E-state index >= 15 is 0 Å². The number of benzene rings is 1. The lowest BCUT2D eigenvalue weighted by molar-refractivity contribution is -0.596. The molecule has 1 heterocycles. The van der Waals surface area contributed by atoms with E-state index in [9.17, 15) is 0 Å². The van der Waals surface area contributed by atoms with Gasteiger partial charge < -0.3 is 21.9 Å². The largest absolute Gasteiger partial charge is 1.00 e. The van der Waals surface area contributed by atoms with E-state index in [1.165, 1.54) is 22.5 Å². The van der Waals surface area contributed by atoms with Gasteiger partial charge in [0.1, 0.15) is 0 Å². The minimum Gasteiger partial charge on any atom is -1.00 e. The minimum absolute atomic E-state index is 0. The van der Waals surface area contributed by atoms with Crippen LogP contribution in [-0.2, 0) is 0 Å². The Labute approximate surface area is 120 Å². The van der Waals surface area contributed by atoms with Crippen LogP contribution >= 0.6 is 0 Å². The normalized spacial score (nSPS) is 9.78. The van der Waals surface area contributed by atoms with Gasteiger partial charge in [-0.3, -0.25) is 0 Å². The molecule has 2 rings (SSSR count). The van der Waals surface area contributed by atoms with Gasteiger partial charge in [-0.25, -0.2) is 0 Å². The minimum atomic E-state index is 0. The lowest BCUT2D eigenvalue weighted by atomic mass is 10.0. The number of halogens is 1. The summed E-state index contributed by atoms with van der Waals surface area (Å²) in [5.41, 5.74) is 5.19. The summed E-state index contributed by atoms with van der Waals surface area (Å²) in [5.74, 6) is 0. The molecule has 96 valence electrons. The summed E-state index contributed by atoms with van der Waals surface area (Å²) >= 11 is 0. The summed E-state index contributed by atoms with van der Waals surface area (Å²) in [6.45, 7) is 4.36. The van der Waals surface area contributed by atoms with Crippen LogP contribution in [0.25, 0.3) is 5.69 Å². The van der Waals surface area contributed by atoms with Gasteiger partial charge >= 0.3 is 0 Å². The van der Waals surface area contributed by atoms with E-state index in [4.69, 9.17) is 0 Å².